The van der Waals surface area contributed by atoms with Gasteiger partial charge in [-0.1, -0.05) is 6.07 Å². The molecule has 1 unspecified atom stereocenters. The van der Waals surface area contributed by atoms with E-state index < -0.39 is 17.8 Å². The molecule has 1 aromatic carbocycles. The van der Waals surface area contributed by atoms with Crippen LogP contribution in [0.1, 0.15) is 23.7 Å². The van der Waals surface area contributed by atoms with E-state index in [1.807, 2.05) is 0 Å². The first-order valence-electron chi connectivity index (χ1n) is 4.62. The molecule has 0 radical (unpaired) electrons. The number of halogens is 3. The molecule has 1 rings (SSSR count). The molecule has 0 saturated carbocycles. The topological polar surface area (TPSA) is 66.5 Å². The maximum absolute atomic E-state index is 12.3. The van der Waals surface area contributed by atoms with Crippen LogP contribution in [-0.4, -0.2) is 16.8 Å². The Morgan fingerprint density at radius 3 is 2.38 bits per heavy atom. The quantitative estimate of drug-likeness (QED) is 0.698. The molecule has 0 aliphatic carbocycles. The van der Waals surface area contributed by atoms with Crippen molar-refractivity contribution in [2.45, 2.75) is 18.7 Å². The standard InChI is InChI=1S/C10H12F3NO2/c11-10(12,13)6-1-2-7(8(14)5-6)9(16)3-4-15/h1-2,5,9,15-16H,3-4,14H2. The van der Waals surface area contributed by atoms with Gasteiger partial charge < -0.3 is 15.9 Å². The Labute approximate surface area is 90.3 Å². The number of rotatable bonds is 3. The lowest BCUT2D eigenvalue weighted by Gasteiger charge is -2.14. The van der Waals surface area contributed by atoms with E-state index in [1.165, 1.54) is 0 Å². The summed E-state index contributed by atoms with van der Waals surface area (Å²) in [6, 6.07) is 2.75. The highest BCUT2D eigenvalue weighted by Crippen LogP contribution is 2.33. The van der Waals surface area contributed by atoms with Crippen molar-refractivity contribution in [3.05, 3.63) is 29.3 Å². The van der Waals surface area contributed by atoms with Gasteiger partial charge in [0.05, 0.1) is 11.7 Å². The number of aliphatic hydroxyl groups excluding tert-OH is 2. The Hall–Kier alpha value is -1.27. The second-order valence-corrected chi connectivity index (χ2v) is 3.37. The van der Waals surface area contributed by atoms with E-state index in [9.17, 15) is 18.3 Å². The summed E-state index contributed by atoms with van der Waals surface area (Å²) in [5.74, 6) is 0. The molecule has 0 aromatic heterocycles. The third kappa shape index (κ3) is 2.86. The van der Waals surface area contributed by atoms with Gasteiger partial charge >= 0.3 is 6.18 Å². The van der Waals surface area contributed by atoms with Crippen molar-refractivity contribution < 1.29 is 23.4 Å². The molecule has 1 aromatic rings. The molecule has 0 amide bonds. The number of hydrogen-bond donors (Lipinski definition) is 3. The molecule has 0 spiro atoms. The minimum Gasteiger partial charge on any atom is -0.398 e. The Kier molecular flexibility index (Phi) is 3.77. The zero-order valence-corrected chi connectivity index (χ0v) is 8.33. The number of anilines is 1. The van der Waals surface area contributed by atoms with E-state index in [0.29, 0.717) is 0 Å². The van der Waals surface area contributed by atoms with Crippen molar-refractivity contribution in [3.8, 4) is 0 Å². The molecule has 0 aliphatic heterocycles. The third-order valence-electron chi connectivity index (χ3n) is 2.18. The van der Waals surface area contributed by atoms with Crippen LogP contribution in [0.15, 0.2) is 18.2 Å². The zero-order chi connectivity index (χ0) is 12.3. The van der Waals surface area contributed by atoms with Crippen molar-refractivity contribution in [1.82, 2.24) is 0 Å². The van der Waals surface area contributed by atoms with E-state index in [2.05, 4.69) is 0 Å². The molecule has 0 fully saturated rings. The van der Waals surface area contributed by atoms with Gasteiger partial charge in [0.15, 0.2) is 0 Å². The molecular weight excluding hydrogens is 223 g/mol. The predicted octanol–water partition coefficient (Wildman–Crippen LogP) is 1.70. The van der Waals surface area contributed by atoms with E-state index in [4.69, 9.17) is 10.8 Å². The van der Waals surface area contributed by atoms with Crippen LogP contribution in [0.5, 0.6) is 0 Å². The van der Waals surface area contributed by atoms with Crippen molar-refractivity contribution in [3.63, 3.8) is 0 Å². The van der Waals surface area contributed by atoms with Gasteiger partial charge in [0.25, 0.3) is 0 Å². The van der Waals surface area contributed by atoms with Gasteiger partial charge in [0, 0.05) is 24.3 Å². The van der Waals surface area contributed by atoms with Crippen LogP contribution in [0.25, 0.3) is 0 Å². The molecule has 3 nitrogen and oxygen atoms in total. The van der Waals surface area contributed by atoms with Crippen molar-refractivity contribution in [2.24, 2.45) is 0 Å². The average Bonchev–Trinajstić information content (AvgIpc) is 2.16. The summed E-state index contributed by atoms with van der Waals surface area (Å²) in [6.07, 6.45) is -5.46. The van der Waals surface area contributed by atoms with Crippen LogP contribution < -0.4 is 5.73 Å². The Balaban J connectivity index is 3.00. The number of hydrogen-bond acceptors (Lipinski definition) is 3. The molecule has 6 heteroatoms. The fourth-order valence-corrected chi connectivity index (χ4v) is 1.33. The molecule has 0 saturated heterocycles. The van der Waals surface area contributed by atoms with Gasteiger partial charge in [-0.15, -0.1) is 0 Å². The van der Waals surface area contributed by atoms with Crippen molar-refractivity contribution in [2.75, 3.05) is 12.3 Å². The van der Waals surface area contributed by atoms with Gasteiger partial charge in [-0.3, -0.25) is 0 Å². The van der Waals surface area contributed by atoms with Crippen LogP contribution >= 0.6 is 0 Å². The maximum atomic E-state index is 12.3. The minimum atomic E-state index is -4.45. The minimum absolute atomic E-state index is 0.0373. The van der Waals surface area contributed by atoms with Crippen LogP contribution in [0.2, 0.25) is 0 Å². The van der Waals surface area contributed by atoms with Gasteiger partial charge in [0.1, 0.15) is 0 Å². The maximum Gasteiger partial charge on any atom is 0.416 e. The lowest BCUT2D eigenvalue weighted by molar-refractivity contribution is -0.137. The highest BCUT2D eigenvalue weighted by molar-refractivity contribution is 5.50. The van der Waals surface area contributed by atoms with Gasteiger partial charge in [0.2, 0.25) is 0 Å². The van der Waals surface area contributed by atoms with Crippen LogP contribution in [-0.2, 0) is 6.18 Å². The summed E-state index contributed by atoms with van der Waals surface area (Å²) < 4.78 is 36.9. The van der Waals surface area contributed by atoms with Crippen molar-refractivity contribution >= 4 is 5.69 Å². The Morgan fingerprint density at radius 2 is 1.94 bits per heavy atom. The van der Waals surface area contributed by atoms with Gasteiger partial charge in [-0.2, -0.15) is 13.2 Å². The summed E-state index contributed by atoms with van der Waals surface area (Å²) >= 11 is 0. The van der Waals surface area contributed by atoms with Crippen LogP contribution in [0.4, 0.5) is 18.9 Å². The molecule has 4 N–H and O–H groups in total. The summed E-state index contributed by atoms with van der Waals surface area (Å²) in [4.78, 5) is 0. The highest BCUT2D eigenvalue weighted by Gasteiger charge is 2.31. The number of nitrogens with two attached hydrogens (primary N) is 1. The average molecular weight is 235 g/mol. The molecule has 16 heavy (non-hydrogen) atoms. The fraction of sp³-hybridized carbons (Fsp3) is 0.400. The predicted molar refractivity (Wildman–Crippen MR) is 52.5 cm³/mol. The Morgan fingerprint density at radius 1 is 1.31 bits per heavy atom. The van der Waals surface area contributed by atoms with E-state index in [1.54, 1.807) is 0 Å². The zero-order valence-electron chi connectivity index (χ0n) is 8.33. The number of aliphatic hydroxyl groups is 2. The first-order chi connectivity index (χ1) is 7.36. The second kappa shape index (κ2) is 4.71. The van der Waals surface area contributed by atoms with Gasteiger partial charge in [-0.05, 0) is 12.1 Å². The SMILES string of the molecule is Nc1cc(C(F)(F)F)ccc1C(O)CCO. The number of nitrogen functional groups attached to an aromatic ring is 1. The van der Waals surface area contributed by atoms with E-state index >= 15 is 0 Å². The van der Waals surface area contributed by atoms with Gasteiger partial charge in [-0.25, -0.2) is 0 Å². The van der Waals surface area contributed by atoms with E-state index in [0.717, 1.165) is 18.2 Å². The second-order valence-electron chi connectivity index (χ2n) is 3.37. The Bertz CT molecular complexity index is 366. The van der Waals surface area contributed by atoms with Crippen LogP contribution in [0, 0.1) is 0 Å². The fourth-order valence-electron chi connectivity index (χ4n) is 1.33. The highest BCUT2D eigenvalue weighted by atomic mass is 19.4. The lowest BCUT2D eigenvalue weighted by Crippen LogP contribution is -2.09. The monoisotopic (exact) mass is 235 g/mol. The third-order valence-corrected chi connectivity index (χ3v) is 2.18. The summed E-state index contributed by atoms with van der Waals surface area (Å²) in [6.45, 7) is -0.262. The summed E-state index contributed by atoms with van der Waals surface area (Å²) in [5, 5.41) is 18.1. The first kappa shape index (κ1) is 12.8. The van der Waals surface area contributed by atoms with E-state index in [-0.39, 0.29) is 24.3 Å². The normalized spacial score (nSPS) is 13.8. The summed E-state index contributed by atoms with van der Waals surface area (Å²) in [7, 11) is 0. The first-order valence-corrected chi connectivity index (χ1v) is 4.62. The summed E-state index contributed by atoms with van der Waals surface area (Å²) in [5.41, 5.74) is 4.62. The molecule has 0 heterocycles. The number of alkyl halides is 3. The molecule has 0 bridgehead atoms. The molecule has 90 valence electrons. The molecule has 1 atom stereocenters. The van der Waals surface area contributed by atoms with Crippen molar-refractivity contribution in [1.29, 1.82) is 0 Å². The smallest absolute Gasteiger partial charge is 0.398 e. The van der Waals surface area contributed by atoms with Crippen LogP contribution in [0.3, 0.4) is 0 Å². The molecular formula is C10H12F3NO2. The lowest BCUT2D eigenvalue weighted by atomic mass is 10.0. The largest absolute Gasteiger partial charge is 0.416 e. The molecule has 0 aliphatic rings. The number of benzene rings is 1.